The van der Waals surface area contributed by atoms with E-state index in [1.54, 1.807) is 0 Å². The number of nitrogens with zero attached hydrogens (tertiary/aromatic N) is 2. The van der Waals surface area contributed by atoms with Crippen LogP contribution in [0.5, 0.6) is 0 Å². The van der Waals surface area contributed by atoms with Crippen LogP contribution in [-0.4, -0.2) is 7.05 Å². The molecule has 25 heavy (non-hydrogen) atoms. The molecule has 0 spiro atoms. The lowest BCUT2D eigenvalue weighted by atomic mass is 10.2. The lowest BCUT2D eigenvalue weighted by molar-refractivity contribution is -0.642. The Morgan fingerprint density at radius 3 is 2.52 bits per heavy atom. The van der Waals surface area contributed by atoms with Crippen LogP contribution >= 0.6 is 23.1 Å². The molecule has 0 saturated carbocycles. The fourth-order valence-corrected chi connectivity index (χ4v) is 5.58. The Morgan fingerprint density at radius 2 is 1.76 bits per heavy atom. The maximum atomic E-state index is 2.31. The van der Waals surface area contributed by atoms with Gasteiger partial charge in [-0.15, -0.1) is 0 Å². The van der Waals surface area contributed by atoms with Crippen molar-refractivity contribution in [3.05, 3.63) is 70.2 Å². The average molecular weight is 366 g/mol. The van der Waals surface area contributed by atoms with Crippen molar-refractivity contribution in [1.29, 1.82) is 0 Å². The van der Waals surface area contributed by atoms with Gasteiger partial charge in [0.1, 0.15) is 11.7 Å². The second-order valence-corrected chi connectivity index (χ2v) is 8.44. The quantitative estimate of drug-likeness (QED) is 0.546. The highest BCUT2D eigenvalue weighted by atomic mass is 32.2. The molecule has 4 rings (SSSR count). The van der Waals surface area contributed by atoms with Crippen LogP contribution in [-0.2, 0) is 7.05 Å². The van der Waals surface area contributed by atoms with E-state index in [1.807, 2.05) is 23.1 Å². The number of aryl methyl sites for hydroxylation is 1. The van der Waals surface area contributed by atoms with Crippen molar-refractivity contribution in [3.8, 4) is 0 Å². The molecule has 0 N–H and O–H groups in total. The van der Waals surface area contributed by atoms with Crippen molar-refractivity contribution in [3.63, 3.8) is 0 Å². The molecule has 1 aromatic heterocycles. The zero-order chi connectivity index (χ0) is 17.6. The van der Waals surface area contributed by atoms with Gasteiger partial charge < -0.3 is 4.90 Å². The van der Waals surface area contributed by atoms with Gasteiger partial charge >= 0.3 is 0 Å². The van der Waals surface area contributed by atoms with Crippen LogP contribution in [0.2, 0.25) is 0 Å². The monoisotopic (exact) mass is 365 g/mol. The Morgan fingerprint density at radius 1 is 1.04 bits per heavy atom. The first-order chi connectivity index (χ1) is 12.1. The molecule has 126 valence electrons. The molecule has 4 heteroatoms. The molecule has 0 bridgehead atoms. The van der Waals surface area contributed by atoms with E-state index in [9.17, 15) is 0 Å². The van der Waals surface area contributed by atoms with Crippen LogP contribution in [0.15, 0.2) is 70.1 Å². The standard InChI is InChI=1S/C21H21N2S2/c1-14(20-22(3)16-9-5-7-11-18(16)24-20)13-15(2)21-23(4)17-10-6-8-12-19(17)25-21/h5-13H,1-4H3/q+1. The van der Waals surface area contributed by atoms with Gasteiger partial charge in [0, 0.05) is 23.6 Å². The molecule has 0 amide bonds. The number of fused-ring (bicyclic) bond motifs is 2. The van der Waals surface area contributed by atoms with E-state index < -0.39 is 0 Å². The second kappa shape index (κ2) is 6.36. The van der Waals surface area contributed by atoms with Gasteiger partial charge in [-0.05, 0) is 43.7 Å². The van der Waals surface area contributed by atoms with Crippen LogP contribution < -0.4 is 9.47 Å². The maximum absolute atomic E-state index is 2.31. The third kappa shape index (κ3) is 2.79. The Hall–Kier alpha value is -2.04. The lowest BCUT2D eigenvalue weighted by Gasteiger charge is -2.15. The molecule has 0 radical (unpaired) electrons. The summed E-state index contributed by atoms with van der Waals surface area (Å²) in [5.74, 6) is 0. The van der Waals surface area contributed by atoms with Gasteiger partial charge in [-0.25, -0.2) is 0 Å². The molecular weight excluding hydrogens is 344 g/mol. The number of aromatic nitrogens is 1. The smallest absolute Gasteiger partial charge is 0.265 e. The predicted molar refractivity (Wildman–Crippen MR) is 110 cm³/mol. The van der Waals surface area contributed by atoms with E-state index >= 15 is 0 Å². The van der Waals surface area contributed by atoms with Gasteiger partial charge in [0.2, 0.25) is 5.52 Å². The highest BCUT2D eigenvalue weighted by Gasteiger charge is 2.23. The van der Waals surface area contributed by atoms with Crippen molar-refractivity contribution in [2.24, 2.45) is 7.05 Å². The van der Waals surface area contributed by atoms with Crippen molar-refractivity contribution < 1.29 is 4.57 Å². The van der Waals surface area contributed by atoms with E-state index in [0.29, 0.717) is 0 Å². The van der Waals surface area contributed by atoms with Crippen LogP contribution in [0.4, 0.5) is 5.69 Å². The third-order valence-electron chi connectivity index (χ3n) is 4.58. The van der Waals surface area contributed by atoms with Gasteiger partial charge in [-0.3, -0.25) is 0 Å². The Balaban J connectivity index is 1.74. The molecule has 1 aliphatic rings. The van der Waals surface area contributed by atoms with Gasteiger partial charge in [0.05, 0.1) is 10.7 Å². The van der Waals surface area contributed by atoms with Gasteiger partial charge in [0.15, 0.2) is 0 Å². The molecule has 0 unspecified atom stereocenters. The normalized spacial score (nSPS) is 16.5. The van der Waals surface area contributed by atoms with E-state index in [0.717, 1.165) is 0 Å². The second-order valence-electron chi connectivity index (χ2n) is 6.38. The number of thiazole rings is 1. The minimum Gasteiger partial charge on any atom is -0.338 e. The molecule has 2 heterocycles. The first-order valence-electron chi connectivity index (χ1n) is 8.34. The lowest BCUT2D eigenvalue weighted by Crippen LogP contribution is -2.29. The number of hydrogen-bond donors (Lipinski definition) is 0. The molecular formula is C21H21N2S2+. The van der Waals surface area contributed by atoms with Gasteiger partial charge in [0.25, 0.3) is 5.01 Å². The summed E-state index contributed by atoms with van der Waals surface area (Å²) in [6.45, 7) is 4.42. The maximum Gasteiger partial charge on any atom is 0.265 e. The Labute approximate surface area is 157 Å². The highest BCUT2D eigenvalue weighted by Crippen LogP contribution is 2.46. The van der Waals surface area contributed by atoms with Crippen LogP contribution in [0.1, 0.15) is 18.9 Å². The molecule has 0 atom stereocenters. The molecule has 0 saturated heterocycles. The van der Waals surface area contributed by atoms with Gasteiger partial charge in [-0.2, -0.15) is 4.57 Å². The number of allylic oxidation sites excluding steroid dienone is 3. The van der Waals surface area contributed by atoms with Crippen LogP contribution in [0, 0.1) is 0 Å². The van der Waals surface area contributed by atoms with Crippen molar-refractivity contribution in [2.75, 3.05) is 11.9 Å². The predicted octanol–water partition coefficient (Wildman–Crippen LogP) is 5.60. The molecule has 2 nitrogen and oxygen atoms in total. The molecule has 1 aliphatic heterocycles. The summed E-state index contributed by atoms with van der Waals surface area (Å²) in [7, 11) is 4.31. The summed E-state index contributed by atoms with van der Waals surface area (Å²) in [5, 5.41) is 2.62. The topological polar surface area (TPSA) is 7.12 Å². The van der Waals surface area contributed by atoms with E-state index in [-0.39, 0.29) is 0 Å². The summed E-state index contributed by atoms with van der Waals surface area (Å²) in [6, 6.07) is 17.2. The summed E-state index contributed by atoms with van der Waals surface area (Å²) >= 11 is 3.71. The summed E-state index contributed by atoms with van der Waals surface area (Å²) < 4.78 is 3.63. The summed E-state index contributed by atoms with van der Waals surface area (Å²) in [6.07, 6.45) is 2.31. The molecule has 2 aromatic carbocycles. The van der Waals surface area contributed by atoms with E-state index in [4.69, 9.17) is 0 Å². The first kappa shape index (κ1) is 16.4. The zero-order valence-corrected chi connectivity index (χ0v) is 16.5. The number of thioether (sulfide) groups is 1. The zero-order valence-electron chi connectivity index (χ0n) is 14.9. The van der Waals surface area contributed by atoms with Crippen molar-refractivity contribution in [1.82, 2.24) is 0 Å². The van der Waals surface area contributed by atoms with Crippen LogP contribution in [0.3, 0.4) is 0 Å². The third-order valence-corrected chi connectivity index (χ3v) is 7.29. The molecule has 0 fully saturated rings. The number of hydrogen-bond acceptors (Lipinski definition) is 3. The fraction of sp³-hybridized carbons (Fsp3) is 0.190. The van der Waals surface area contributed by atoms with Crippen molar-refractivity contribution >= 4 is 44.6 Å². The highest BCUT2D eigenvalue weighted by molar-refractivity contribution is 8.03. The number of rotatable bonds is 2. The summed E-state index contributed by atoms with van der Waals surface area (Å²) in [4.78, 5) is 3.63. The van der Waals surface area contributed by atoms with Crippen molar-refractivity contribution in [2.45, 2.75) is 18.7 Å². The minimum absolute atomic E-state index is 1.29. The fourth-order valence-electron chi connectivity index (χ4n) is 3.34. The SMILES string of the molecule is C/C(=C\C(C)=C1\Sc2ccccc2N1C)c1sc2ccccc2[n+]1C. The summed E-state index contributed by atoms with van der Waals surface area (Å²) in [5.41, 5.74) is 5.19. The van der Waals surface area contributed by atoms with Crippen LogP contribution in [0.25, 0.3) is 15.8 Å². The number of benzene rings is 2. The molecule has 0 aliphatic carbocycles. The Bertz CT molecular complexity index is 1030. The van der Waals surface area contributed by atoms with Gasteiger partial charge in [-0.1, -0.05) is 47.4 Å². The molecule has 3 aromatic rings. The first-order valence-corrected chi connectivity index (χ1v) is 9.97. The minimum atomic E-state index is 1.29. The number of para-hydroxylation sites is 2. The largest absolute Gasteiger partial charge is 0.338 e. The van der Waals surface area contributed by atoms with E-state index in [1.165, 1.54) is 42.0 Å². The average Bonchev–Trinajstić information content (AvgIpc) is 3.14. The Kier molecular flexibility index (Phi) is 4.18. The number of anilines is 1. The van der Waals surface area contributed by atoms with E-state index in [2.05, 4.69) is 92.0 Å².